The Kier molecular flexibility index (Phi) is 4.34. The minimum Gasteiger partial charge on any atom is -0.494 e. The van der Waals surface area contributed by atoms with Crippen molar-refractivity contribution in [1.29, 1.82) is 0 Å². The highest BCUT2D eigenvalue weighted by atomic mass is 16.5. The fourth-order valence-electron chi connectivity index (χ4n) is 1.99. The van der Waals surface area contributed by atoms with Crippen LogP contribution in [0.3, 0.4) is 0 Å². The van der Waals surface area contributed by atoms with Crippen molar-refractivity contribution in [3.63, 3.8) is 0 Å². The molecule has 0 atom stereocenters. The van der Waals surface area contributed by atoms with E-state index in [4.69, 9.17) is 9.84 Å². The molecule has 0 bridgehead atoms. The second-order valence-corrected chi connectivity index (χ2v) is 4.28. The average molecular weight is 275 g/mol. The fourth-order valence-corrected chi connectivity index (χ4v) is 1.99. The molecule has 2 rings (SSSR count). The van der Waals surface area contributed by atoms with Crippen LogP contribution in [0.5, 0.6) is 5.75 Å². The minimum atomic E-state index is -1.05. The minimum absolute atomic E-state index is 0.0146. The maximum absolute atomic E-state index is 11.1. The monoisotopic (exact) mass is 275 g/mol. The van der Waals surface area contributed by atoms with E-state index < -0.39 is 5.97 Å². The molecule has 2 aromatic rings. The second-order valence-electron chi connectivity index (χ2n) is 4.28. The van der Waals surface area contributed by atoms with Crippen LogP contribution in [0, 0.1) is 0 Å². The standard InChI is InChI=1S/C14H17N3O3/c1-3-5-12-13(14(18)19)15-16-17(12)10-6-8-11(9-7-10)20-4-2/h6-9H,3-5H2,1-2H3,(H,18,19). The lowest BCUT2D eigenvalue weighted by Gasteiger charge is -2.07. The quantitative estimate of drug-likeness (QED) is 0.875. The predicted octanol–water partition coefficient (Wildman–Crippen LogP) is 2.32. The molecule has 1 heterocycles. The van der Waals surface area contributed by atoms with Crippen molar-refractivity contribution in [2.45, 2.75) is 26.7 Å². The Bertz CT molecular complexity index is 590. The number of carboxylic acid groups (broad SMARTS) is 1. The van der Waals surface area contributed by atoms with Crippen LogP contribution in [0.4, 0.5) is 0 Å². The van der Waals surface area contributed by atoms with Crippen molar-refractivity contribution in [1.82, 2.24) is 15.0 Å². The SMILES string of the molecule is CCCc1c(C(=O)O)nnn1-c1ccc(OCC)cc1. The summed E-state index contributed by atoms with van der Waals surface area (Å²) in [7, 11) is 0. The van der Waals surface area contributed by atoms with Gasteiger partial charge in [0.15, 0.2) is 5.69 Å². The normalized spacial score (nSPS) is 10.5. The summed E-state index contributed by atoms with van der Waals surface area (Å²) in [5, 5.41) is 16.8. The van der Waals surface area contributed by atoms with E-state index in [2.05, 4.69) is 10.3 Å². The number of aromatic carboxylic acids is 1. The Labute approximate surface area is 117 Å². The van der Waals surface area contributed by atoms with Crippen molar-refractivity contribution in [3.8, 4) is 11.4 Å². The molecule has 0 amide bonds. The molecule has 0 unspecified atom stereocenters. The molecule has 0 spiro atoms. The van der Waals surface area contributed by atoms with Gasteiger partial charge >= 0.3 is 5.97 Å². The Hall–Kier alpha value is -2.37. The smallest absolute Gasteiger partial charge is 0.358 e. The lowest BCUT2D eigenvalue weighted by atomic mass is 10.2. The third kappa shape index (κ3) is 2.79. The molecule has 1 aromatic carbocycles. The molecule has 0 aliphatic carbocycles. The number of carboxylic acids is 1. The molecule has 0 aliphatic heterocycles. The number of ether oxygens (including phenoxy) is 1. The molecule has 20 heavy (non-hydrogen) atoms. The van der Waals surface area contributed by atoms with Crippen LogP contribution in [-0.2, 0) is 6.42 Å². The van der Waals surface area contributed by atoms with Crippen molar-refractivity contribution < 1.29 is 14.6 Å². The summed E-state index contributed by atoms with van der Waals surface area (Å²) >= 11 is 0. The molecular formula is C14H17N3O3. The molecular weight excluding hydrogens is 258 g/mol. The van der Waals surface area contributed by atoms with Gasteiger partial charge in [-0.05, 0) is 37.6 Å². The number of hydrogen-bond donors (Lipinski definition) is 1. The van der Waals surface area contributed by atoms with Gasteiger partial charge in [-0.25, -0.2) is 9.48 Å². The zero-order chi connectivity index (χ0) is 14.5. The highest BCUT2D eigenvalue weighted by molar-refractivity contribution is 5.86. The molecule has 1 aromatic heterocycles. The van der Waals surface area contributed by atoms with Crippen LogP contribution in [0.25, 0.3) is 5.69 Å². The fraction of sp³-hybridized carbons (Fsp3) is 0.357. The lowest BCUT2D eigenvalue weighted by Crippen LogP contribution is -2.06. The Balaban J connectivity index is 2.38. The molecule has 0 aliphatic rings. The van der Waals surface area contributed by atoms with Gasteiger partial charge in [-0.3, -0.25) is 0 Å². The predicted molar refractivity (Wildman–Crippen MR) is 73.5 cm³/mol. The summed E-state index contributed by atoms with van der Waals surface area (Å²) in [6, 6.07) is 7.34. The molecule has 6 heteroatoms. The molecule has 6 nitrogen and oxygen atoms in total. The van der Waals surface area contributed by atoms with E-state index in [-0.39, 0.29) is 5.69 Å². The highest BCUT2D eigenvalue weighted by Gasteiger charge is 2.18. The second kappa shape index (κ2) is 6.18. The van der Waals surface area contributed by atoms with E-state index in [1.807, 2.05) is 38.1 Å². The van der Waals surface area contributed by atoms with Crippen LogP contribution < -0.4 is 4.74 Å². The van der Waals surface area contributed by atoms with Crippen molar-refractivity contribution in [3.05, 3.63) is 35.7 Å². The molecule has 106 valence electrons. The largest absolute Gasteiger partial charge is 0.494 e. The first-order valence-corrected chi connectivity index (χ1v) is 6.58. The zero-order valence-corrected chi connectivity index (χ0v) is 11.5. The lowest BCUT2D eigenvalue weighted by molar-refractivity contribution is 0.0689. The van der Waals surface area contributed by atoms with Crippen LogP contribution in [0.15, 0.2) is 24.3 Å². The Morgan fingerprint density at radius 1 is 1.30 bits per heavy atom. The topological polar surface area (TPSA) is 77.2 Å². The molecule has 0 saturated heterocycles. The van der Waals surface area contributed by atoms with Gasteiger partial charge in [0.05, 0.1) is 18.0 Å². The van der Waals surface area contributed by atoms with E-state index in [1.165, 1.54) is 0 Å². The third-order valence-electron chi connectivity index (χ3n) is 2.84. The number of benzene rings is 1. The number of hydrogen-bond acceptors (Lipinski definition) is 4. The van der Waals surface area contributed by atoms with Crippen molar-refractivity contribution in [2.24, 2.45) is 0 Å². The highest BCUT2D eigenvalue weighted by Crippen LogP contribution is 2.18. The summed E-state index contributed by atoms with van der Waals surface area (Å²) in [4.78, 5) is 11.1. The maximum atomic E-state index is 11.1. The summed E-state index contributed by atoms with van der Waals surface area (Å²) in [5.74, 6) is -0.280. The van der Waals surface area contributed by atoms with Crippen LogP contribution in [0.1, 0.15) is 36.5 Å². The Morgan fingerprint density at radius 2 is 2.00 bits per heavy atom. The first kappa shape index (κ1) is 14.0. The van der Waals surface area contributed by atoms with Gasteiger partial charge in [-0.15, -0.1) is 5.10 Å². The van der Waals surface area contributed by atoms with Gasteiger partial charge in [0, 0.05) is 0 Å². The van der Waals surface area contributed by atoms with Gasteiger partial charge in [-0.1, -0.05) is 18.6 Å². The van der Waals surface area contributed by atoms with Gasteiger partial charge < -0.3 is 9.84 Å². The first-order chi connectivity index (χ1) is 9.67. The van der Waals surface area contributed by atoms with E-state index in [1.54, 1.807) is 4.68 Å². The van der Waals surface area contributed by atoms with Crippen molar-refractivity contribution >= 4 is 5.97 Å². The van der Waals surface area contributed by atoms with Crippen LogP contribution in [-0.4, -0.2) is 32.7 Å². The van der Waals surface area contributed by atoms with Gasteiger partial charge in [0.25, 0.3) is 0 Å². The maximum Gasteiger partial charge on any atom is 0.358 e. The van der Waals surface area contributed by atoms with E-state index in [0.717, 1.165) is 17.9 Å². The molecule has 1 N–H and O–H groups in total. The average Bonchev–Trinajstić information content (AvgIpc) is 2.84. The Morgan fingerprint density at radius 3 is 2.55 bits per heavy atom. The summed E-state index contributed by atoms with van der Waals surface area (Å²) in [6.45, 7) is 4.51. The first-order valence-electron chi connectivity index (χ1n) is 6.58. The molecule has 0 saturated carbocycles. The van der Waals surface area contributed by atoms with Crippen LogP contribution >= 0.6 is 0 Å². The zero-order valence-electron chi connectivity index (χ0n) is 11.5. The van der Waals surface area contributed by atoms with E-state index in [0.29, 0.717) is 18.7 Å². The van der Waals surface area contributed by atoms with Gasteiger partial charge in [0.2, 0.25) is 0 Å². The van der Waals surface area contributed by atoms with Gasteiger partial charge in [0.1, 0.15) is 5.75 Å². The van der Waals surface area contributed by atoms with E-state index in [9.17, 15) is 4.79 Å². The van der Waals surface area contributed by atoms with E-state index >= 15 is 0 Å². The van der Waals surface area contributed by atoms with Crippen LogP contribution in [0.2, 0.25) is 0 Å². The molecule has 0 radical (unpaired) electrons. The summed E-state index contributed by atoms with van der Waals surface area (Å²) < 4.78 is 6.95. The molecule has 0 fully saturated rings. The summed E-state index contributed by atoms with van der Waals surface area (Å²) in [6.07, 6.45) is 1.44. The third-order valence-corrected chi connectivity index (χ3v) is 2.84. The number of aromatic nitrogens is 3. The number of rotatable bonds is 6. The van der Waals surface area contributed by atoms with Gasteiger partial charge in [-0.2, -0.15) is 0 Å². The number of carbonyl (C=O) groups is 1. The number of nitrogens with zero attached hydrogens (tertiary/aromatic N) is 3. The summed E-state index contributed by atoms with van der Waals surface area (Å²) in [5.41, 5.74) is 1.40. The van der Waals surface area contributed by atoms with Crippen molar-refractivity contribution in [2.75, 3.05) is 6.61 Å².